The summed E-state index contributed by atoms with van der Waals surface area (Å²) in [5.74, 6) is 2.37. The fourth-order valence-electron chi connectivity index (χ4n) is 3.25. The summed E-state index contributed by atoms with van der Waals surface area (Å²) in [6, 6.07) is 18.4. The van der Waals surface area contributed by atoms with Gasteiger partial charge in [-0.25, -0.2) is 0 Å². The van der Waals surface area contributed by atoms with Gasteiger partial charge >= 0.3 is 0 Å². The van der Waals surface area contributed by atoms with Crippen LogP contribution in [0.5, 0.6) is 5.75 Å². The van der Waals surface area contributed by atoms with Crippen LogP contribution in [-0.2, 0) is 17.9 Å². The molecule has 0 saturated carbocycles. The van der Waals surface area contributed by atoms with Gasteiger partial charge in [-0.3, -0.25) is 4.99 Å². The van der Waals surface area contributed by atoms with Crippen molar-refractivity contribution in [2.24, 2.45) is 10.9 Å². The van der Waals surface area contributed by atoms with Crippen molar-refractivity contribution in [1.82, 2.24) is 10.2 Å². The Bertz CT molecular complexity index is 727. The lowest BCUT2D eigenvalue weighted by Gasteiger charge is -2.24. The van der Waals surface area contributed by atoms with E-state index in [0.29, 0.717) is 19.1 Å². The van der Waals surface area contributed by atoms with Crippen molar-refractivity contribution in [1.29, 1.82) is 0 Å². The molecule has 1 heterocycles. The maximum atomic E-state index is 5.92. The van der Waals surface area contributed by atoms with Crippen molar-refractivity contribution in [3.8, 4) is 5.75 Å². The molecule has 0 spiro atoms. The van der Waals surface area contributed by atoms with Crippen molar-refractivity contribution >= 4 is 5.96 Å². The normalized spacial score (nSPS) is 17.0. The molecule has 27 heavy (non-hydrogen) atoms. The molecule has 1 aliphatic rings. The Labute approximate surface area is 162 Å². The van der Waals surface area contributed by atoms with E-state index in [0.717, 1.165) is 37.9 Å². The highest BCUT2D eigenvalue weighted by molar-refractivity contribution is 5.79. The van der Waals surface area contributed by atoms with Crippen molar-refractivity contribution in [3.63, 3.8) is 0 Å². The van der Waals surface area contributed by atoms with Gasteiger partial charge in [-0.1, -0.05) is 42.5 Å². The number of ether oxygens (including phenoxy) is 2. The molecule has 0 aliphatic carbocycles. The van der Waals surface area contributed by atoms with Gasteiger partial charge in [0, 0.05) is 39.7 Å². The minimum absolute atomic E-state index is 0.575. The molecule has 0 amide bonds. The molecule has 1 aliphatic heterocycles. The van der Waals surface area contributed by atoms with Crippen LogP contribution in [0.4, 0.5) is 0 Å². The summed E-state index contributed by atoms with van der Waals surface area (Å²) in [7, 11) is 3.90. The Morgan fingerprint density at radius 2 is 2.00 bits per heavy atom. The van der Waals surface area contributed by atoms with Crippen molar-refractivity contribution in [3.05, 3.63) is 65.7 Å². The predicted octanol–water partition coefficient (Wildman–Crippen LogP) is 3.31. The molecular weight excluding hydrogens is 338 g/mol. The molecule has 144 valence electrons. The number of aliphatic imine (C=N–C) groups is 1. The lowest BCUT2D eigenvalue weighted by Crippen LogP contribution is -2.41. The Balaban J connectivity index is 1.50. The number of hydrogen-bond donors (Lipinski definition) is 1. The van der Waals surface area contributed by atoms with Crippen LogP contribution in [0, 0.1) is 5.92 Å². The maximum Gasteiger partial charge on any atom is 0.193 e. The molecule has 1 saturated heterocycles. The second-order valence-electron chi connectivity index (χ2n) is 6.93. The first-order valence-corrected chi connectivity index (χ1v) is 9.50. The molecule has 1 fully saturated rings. The fraction of sp³-hybridized carbons (Fsp3) is 0.409. The van der Waals surface area contributed by atoms with E-state index in [4.69, 9.17) is 9.47 Å². The number of nitrogens with one attached hydrogen (secondary N) is 1. The summed E-state index contributed by atoms with van der Waals surface area (Å²) in [6.45, 7) is 3.97. The van der Waals surface area contributed by atoms with Crippen molar-refractivity contribution in [2.75, 3.05) is 33.9 Å². The predicted molar refractivity (Wildman–Crippen MR) is 109 cm³/mol. The van der Waals surface area contributed by atoms with E-state index >= 15 is 0 Å². The third-order valence-electron chi connectivity index (χ3n) is 4.73. The molecule has 1 N–H and O–H groups in total. The quantitative estimate of drug-likeness (QED) is 0.602. The Kier molecular flexibility index (Phi) is 7.11. The summed E-state index contributed by atoms with van der Waals surface area (Å²) in [4.78, 5) is 6.58. The number of guanidine groups is 1. The topological polar surface area (TPSA) is 46.1 Å². The zero-order valence-electron chi connectivity index (χ0n) is 16.2. The van der Waals surface area contributed by atoms with Crippen LogP contribution >= 0.6 is 0 Å². The van der Waals surface area contributed by atoms with Gasteiger partial charge in [-0.15, -0.1) is 0 Å². The third kappa shape index (κ3) is 6.00. The minimum atomic E-state index is 0.575. The Morgan fingerprint density at radius 1 is 1.19 bits per heavy atom. The monoisotopic (exact) mass is 367 g/mol. The largest absolute Gasteiger partial charge is 0.489 e. The lowest BCUT2D eigenvalue weighted by molar-refractivity contribution is 0.181. The zero-order valence-corrected chi connectivity index (χ0v) is 16.2. The van der Waals surface area contributed by atoms with Crippen LogP contribution in [0.1, 0.15) is 17.5 Å². The molecule has 1 atom stereocenters. The first kappa shape index (κ1) is 19.2. The van der Waals surface area contributed by atoms with E-state index in [1.807, 2.05) is 37.4 Å². The van der Waals surface area contributed by atoms with Gasteiger partial charge in [0.25, 0.3) is 0 Å². The van der Waals surface area contributed by atoms with Crippen LogP contribution in [0.3, 0.4) is 0 Å². The second kappa shape index (κ2) is 9.97. The summed E-state index contributed by atoms with van der Waals surface area (Å²) >= 11 is 0. The van der Waals surface area contributed by atoms with Gasteiger partial charge in [0.2, 0.25) is 0 Å². The molecule has 3 rings (SSSR count). The first-order valence-electron chi connectivity index (χ1n) is 9.50. The van der Waals surface area contributed by atoms with Gasteiger partial charge in [-0.05, 0) is 29.7 Å². The average molecular weight is 367 g/mol. The number of rotatable bonds is 7. The molecule has 5 nitrogen and oxygen atoms in total. The summed E-state index contributed by atoms with van der Waals surface area (Å²) in [5.41, 5.74) is 2.33. The zero-order chi connectivity index (χ0) is 18.9. The minimum Gasteiger partial charge on any atom is -0.489 e. The molecule has 0 bridgehead atoms. The van der Waals surface area contributed by atoms with E-state index in [1.54, 1.807) is 0 Å². The van der Waals surface area contributed by atoms with Crippen molar-refractivity contribution in [2.45, 2.75) is 19.6 Å². The number of benzene rings is 2. The van der Waals surface area contributed by atoms with Crippen LogP contribution in [0.25, 0.3) is 0 Å². The summed E-state index contributed by atoms with van der Waals surface area (Å²) in [6.07, 6.45) is 1.13. The highest BCUT2D eigenvalue weighted by Gasteiger charge is 2.19. The smallest absolute Gasteiger partial charge is 0.193 e. The summed E-state index contributed by atoms with van der Waals surface area (Å²) in [5, 5.41) is 3.44. The molecule has 2 aromatic rings. The van der Waals surface area contributed by atoms with E-state index in [1.165, 1.54) is 11.1 Å². The first-order chi connectivity index (χ1) is 13.2. The molecular formula is C22H29N3O2. The lowest BCUT2D eigenvalue weighted by atomic mass is 10.1. The van der Waals surface area contributed by atoms with Gasteiger partial charge in [0.15, 0.2) is 5.96 Å². The SMILES string of the molecule is CN=C(NCc1cccc(OCc2ccccc2)c1)N(C)CC1CCOC1. The molecule has 5 heteroatoms. The Morgan fingerprint density at radius 3 is 2.74 bits per heavy atom. The van der Waals surface area contributed by atoms with E-state index < -0.39 is 0 Å². The van der Waals surface area contributed by atoms with E-state index in [9.17, 15) is 0 Å². The van der Waals surface area contributed by atoms with Gasteiger partial charge in [0.05, 0.1) is 6.61 Å². The van der Waals surface area contributed by atoms with Crippen LogP contribution in [-0.4, -0.2) is 44.7 Å². The molecule has 2 aromatic carbocycles. The van der Waals surface area contributed by atoms with Crippen molar-refractivity contribution < 1.29 is 9.47 Å². The van der Waals surface area contributed by atoms with Gasteiger partial charge in [-0.2, -0.15) is 0 Å². The molecule has 1 unspecified atom stereocenters. The highest BCUT2D eigenvalue weighted by atomic mass is 16.5. The van der Waals surface area contributed by atoms with E-state index in [-0.39, 0.29) is 0 Å². The highest BCUT2D eigenvalue weighted by Crippen LogP contribution is 2.16. The fourth-order valence-corrected chi connectivity index (χ4v) is 3.25. The third-order valence-corrected chi connectivity index (χ3v) is 4.73. The average Bonchev–Trinajstić information content (AvgIpc) is 3.21. The molecule has 0 radical (unpaired) electrons. The standard InChI is InChI=1S/C22H29N3O2/c1-23-22(25(2)15-20-11-12-26-16-20)24-14-19-9-6-10-21(13-19)27-17-18-7-4-3-5-8-18/h3-10,13,20H,11-12,14-17H2,1-2H3,(H,23,24). The number of nitrogens with zero attached hydrogens (tertiary/aromatic N) is 2. The van der Waals surface area contributed by atoms with Gasteiger partial charge in [0.1, 0.15) is 12.4 Å². The number of hydrogen-bond acceptors (Lipinski definition) is 3. The van der Waals surface area contributed by atoms with Crippen LogP contribution in [0.2, 0.25) is 0 Å². The maximum absolute atomic E-state index is 5.92. The second-order valence-corrected chi connectivity index (χ2v) is 6.93. The van der Waals surface area contributed by atoms with Crippen LogP contribution < -0.4 is 10.1 Å². The van der Waals surface area contributed by atoms with E-state index in [2.05, 4.69) is 46.5 Å². The summed E-state index contributed by atoms with van der Waals surface area (Å²) < 4.78 is 11.4. The van der Waals surface area contributed by atoms with Gasteiger partial charge < -0.3 is 19.7 Å². The van der Waals surface area contributed by atoms with Crippen LogP contribution in [0.15, 0.2) is 59.6 Å². The Hall–Kier alpha value is -2.53. The molecule has 0 aromatic heterocycles.